The second-order valence-electron chi connectivity index (χ2n) is 23.1. The molecule has 8 atom stereocenters. The molecule has 5 aliphatic carbocycles. The Hall–Kier alpha value is -4.22. The van der Waals surface area contributed by atoms with E-state index in [9.17, 15) is 33.9 Å². The first-order valence-corrected chi connectivity index (χ1v) is 22.5. The molecule has 0 aromatic rings. The van der Waals surface area contributed by atoms with Crippen molar-refractivity contribution in [2.75, 3.05) is 0 Å². The van der Waals surface area contributed by atoms with Gasteiger partial charge in [0.05, 0.1) is 6.42 Å². The predicted molar refractivity (Wildman–Crippen MR) is 236 cm³/mol. The van der Waals surface area contributed by atoms with Gasteiger partial charge in [-0.3, -0.25) is 24.0 Å². The second-order valence-corrected chi connectivity index (χ2v) is 23.1. The van der Waals surface area contributed by atoms with Crippen LogP contribution < -0.4 is 10.6 Å². The van der Waals surface area contributed by atoms with Gasteiger partial charge in [0.1, 0.15) is 28.9 Å². The molecular weight excluding hydrogens is 789 g/mol. The minimum absolute atomic E-state index is 0.0503. The summed E-state index contributed by atoms with van der Waals surface area (Å²) in [5, 5.41) is 16.2. The van der Waals surface area contributed by atoms with Gasteiger partial charge in [0, 0.05) is 22.8 Å². The Morgan fingerprint density at radius 2 is 1.34 bits per heavy atom. The van der Waals surface area contributed by atoms with Gasteiger partial charge in [-0.1, -0.05) is 52.3 Å². The third-order valence-corrected chi connectivity index (χ3v) is 14.9. The monoisotopic (exact) mass is 863 g/mol. The average molecular weight is 863 g/mol. The summed E-state index contributed by atoms with van der Waals surface area (Å²) < 4.78 is 16.7. The molecule has 0 heterocycles. The van der Waals surface area contributed by atoms with Crippen LogP contribution in [0.15, 0.2) is 46.3 Å². The van der Waals surface area contributed by atoms with E-state index in [4.69, 9.17) is 14.2 Å². The van der Waals surface area contributed by atoms with Crippen LogP contribution in [0.1, 0.15) is 168 Å². The zero-order chi connectivity index (χ0) is 46.8. The number of amides is 2. The Labute approximate surface area is 369 Å². The number of carbonyl (C=O) groups excluding carboxylic acids is 6. The summed E-state index contributed by atoms with van der Waals surface area (Å²) in [6, 6.07) is -2.67. The van der Waals surface area contributed by atoms with Crippen LogP contribution in [0.2, 0.25) is 0 Å². The third kappa shape index (κ3) is 9.64. The van der Waals surface area contributed by atoms with Gasteiger partial charge in [-0.05, 0) is 160 Å². The Morgan fingerprint density at radius 3 is 1.94 bits per heavy atom. The number of aliphatic hydroxyl groups excluding tert-OH is 1. The zero-order valence-corrected chi connectivity index (χ0v) is 40.2. The normalized spacial score (nSPS) is 31.9. The van der Waals surface area contributed by atoms with Crippen LogP contribution in [0.3, 0.4) is 0 Å². The molecule has 0 aromatic carbocycles. The standard InChI is InChI=1S/C50H74N2O10/c1-29-30-16-18-35-48(13,31(30)26-34(53)39(29)56)23-25-50(15)36-28-47(12,21-20-46(36,11)22-24-49(35,50)14)42(59)52-33(27-38(55)61-44(5,6)7)40(57)51-32(41(58)62-45(8,9)10)17-19-37(54)60-43(2,3)4/h16,18,26,32-33,36,56H,17,19-25,27-28H2,1-15H3,(H,51,57)(H,52,59)/t32?,33?,36-,46-,47-,48+,49-,50+/m1/s1. The third-order valence-electron chi connectivity index (χ3n) is 14.9. The van der Waals surface area contributed by atoms with Crippen LogP contribution in [0.5, 0.6) is 0 Å². The molecular formula is C50H74N2O10. The summed E-state index contributed by atoms with van der Waals surface area (Å²) >= 11 is 0. The van der Waals surface area contributed by atoms with Gasteiger partial charge in [0.25, 0.3) is 0 Å². The average Bonchev–Trinajstić information content (AvgIpc) is 3.11. The first-order valence-electron chi connectivity index (χ1n) is 22.5. The van der Waals surface area contributed by atoms with Gasteiger partial charge in [0.2, 0.25) is 17.6 Å². The summed E-state index contributed by atoms with van der Waals surface area (Å²) in [4.78, 5) is 81.7. The fourth-order valence-electron chi connectivity index (χ4n) is 11.3. The number of allylic oxidation sites excluding steroid dienone is 7. The quantitative estimate of drug-likeness (QED) is 0.142. The number of ketones is 1. The van der Waals surface area contributed by atoms with E-state index in [0.29, 0.717) is 18.4 Å². The number of nitrogens with one attached hydrogen (secondary N) is 2. The summed E-state index contributed by atoms with van der Waals surface area (Å²) in [7, 11) is 0. The van der Waals surface area contributed by atoms with Crippen LogP contribution >= 0.6 is 0 Å². The van der Waals surface area contributed by atoms with Crippen molar-refractivity contribution in [2.24, 2.45) is 33.0 Å². The molecule has 3 saturated carbocycles. The Balaban J connectivity index is 1.44. The van der Waals surface area contributed by atoms with E-state index in [-0.39, 0.29) is 52.5 Å². The van der Waals surface area contributed by atoms with E-state index in [2.05, 4.69) is 50.5 Å². The maximum atomic E-state index is 14.8. The van der Waals surface area contributed by atoms with Crippen molar-refractivity contribution in [3.63, 3.8) is 0 Å². The van der Waals surface area contributed by atoms with E-state index in [0.717, 1.165) is 43.3 Å². The molecule has 12 nitrogen and oxygen atoms in total. The number of aliphatic hydroxyl groups is 1. The predicted octanol–water partition coefficient (Wildman–Crippen LogP) is 8.78. The minimum Gasteiger partial charge on any atom is -0.504 e. The second kappa shape index (κ2) is 16.4. The molecule has 5 aliphatic rings. The van der Waals surface area contributed by atoms with E-state index in [1.807, 2.05) is 6.92 Å². The first kappa shape index (κ1) is 48.8. The number of ether oxygens (including phenoxy) is 3. The summed E-state index contributed by atoms with van der Waals surface area (Å²) in [6.45, 7) is 28.5. The van der Waals surface area contributed by atoms with Gasteiger partial charge in [0.15, 0.2) is 5.76 Å². The lowest BCUT2D eigenvalue weighted by atomic mass is 9.34. The molecule has 2 unspecified atom stereocenters. The molecule has 3 N–H and O–H groups in total. The van der Waals surface area contributed by atoms with Crippen LogP contribution in [-0.2, 0) is 43.0 Å². The molecule has 0 aromatic heterocycles. The van der Waals surface area contributed by atoms with Crippen molar-refractivity contribution in [1.29, 1.82) is 0 Å². The molecule has 0 radical (unpaired) electrons. The Bertz CT molecular complexity index is 2020. The van der Waals surface area contributed by atoms with Crippen LogP contribution in [0.25, 0.3) is 0 Å². The van der Waals surface area contributed by atoms with Crippen LogP contribution in [0.4, 0.5) is 0 Å². The van der Waals surface area contributed by atoms with Gasteiger partial charge >= 0.3 is 17.9 Å². The molecule has 344 valence electrons. The number of carbonyl (C=O) groups is 6. The molecule has 0 aliphatic heterocycles. The number of hydrogen-bond donors (Lipinski definition) is 3. The highest BCUT2D eigenvalue weighted by atomic mass is 16.6. The fraction of sp³-hybridized carbons (Fsp3) is 0.720. The topological polar surface area (TPSA) is 174 Å². The number of rotatable bonds is 10. The maximum Gasteiger partial charge on any atom is 0.329 e. The lowest BCUT2D eigenvalue weighted by molar-refractivity contribution is -0.170. The Morgan fingerprint density at radius 1 is 0.758 bits per heavy atom. The fourth-order valence-corrected chi connectivity index (χ4v) is 11.3. The van der Waals surface area contributed by atoms with Crippen molar-refractivity contribution in [3.8, 4) is 0 Å². The molecule has 2 amide bonds. The molecule has 0 saturated heterocycles. The largest absolute Gasteiger partial charge is 0.504 e. The van der Waals surface area contributed by atoms with Crippen molar-refractivity contribution >= 4 is 35.5 Å². The molecule has 0 bridgehead atoms. The van der Waals surface area contributed by atoms with Crippen molar-refractivity contribution in [1.82, 2.24) is 10.6 Å². The van der Waals surface area contributed by atoms with Crippen LogP contribution in [-0.4, -0.2) is 69.5 Å². The van der Waals surface area contributed by atoms with Gasteiger partial charge in [-0.25, -0.2) is 4.79 Å². The lowest BCUT2D eigenvalue weighted by Crippen LogP contribution is -2.63. The first-order chi connectivity index (χ1) is 28.2. The van der Waals surface area contributed by atoms with E-state index in [1.54, 1.807) is 75.3 Å². The number of hydrogen-bond acceptors (Lipinski definition) is 10. The smallest absolute Gasteiger partial charge is 0.329 e. The van der Waals surface area contributed by atoms with Gasteiger partial charge in [-0.2, -0.15) is 0 Å². The van der Waals surface area contributed by atoms with E-state index in [1.165, 1.54) is 5.57 Å². The molecule has 62 heavy (non-hydrogen) atoms. The highest BCUT2D eigenvalue weighted by Crippen LogP contribution is 2.75. The van der Waals surface area contributed by atoms with Crippen molar-refractivity contribution < 1.29 is 48.1 Å². The molecule has 5 rings (SSSR count). The highest BCUT2D eigenvalue weighted by molar-refractivity contribution is 6.06. The molecule has 0 spiro atoms. The molecule has 12 heteroatoms. The SMILES string of the molecule is CC1=C(O)C(=O)C=C2C1=CC=C1[C@@]2(C)CC[C@@]2(C)[C@@H]3C[C@](C)(C(=O)NC(CC(=O)OC(C)(C)C)C(=O)NC(CCC(=O)OC(C)(C)C)C(=O)OC(C)(C)C)CC[C@]3(C)CC[C@]12C. The minimum atomic E-state index is -1.40. The highest BCUT2D eigenvalue weighted by Gasteiger charge is 2.67. The van der Waals surface area contributed by atoms with E-state index >= 15 is 0 Å². The molecule has 3 fully saturated rings. The summed E-state index contributed by atoms with van der Waals surface area (Å²) in [6.07, 6.45) is 10.6. The Kier molecular flexibility index (Phi) is 12.9. The summed E-state index contributed by atoms with van der Waals surface area (Å²) in [5.41, 5.74) is -0.605. The number of fused-ring (bicyclic) bond motifs is 7. The summed E-state index contributed by atoms with van der Waals surface area (Å²) in [5.74, 6) is -3.60. The number of esters is 3. The van der Waals surface area contributed by atoms with Crippen molar-refractivity contribution in [3.05, 3.63) is 46.3 Å². The lowest BCUT2D eigenvalue weighted by Gasteiger charge is -2.70. The zero-order valence-electron chi connectivity index (χ0n) is 40.2. The van der Waals surface area contributed by atoms with Gasteiger partial charge < -0.3 is 30.0 Å². The van der Waals surface area contributed by atoms with E-state index < -0.39 is 70.0 Å². The van der Waals surface area contributed by atoms with Crippen molar-refractivity contribution in [2.45, 2.75) is 197 Å². The van der Waals surface area contributed by atoms with Gasteiger partial charge in [-0.15, -0.1) is 0 Å². The maximum absolute atomic E-state index is 14.8. The van der Waals surface area contributed by atoms with Crippen LogP contribution in [0, 0.1) is 33.0 Å².